The zero-order chi connectivity index (χ0) is 9.19. The van der Waals surface area contributed by atoms with Gasteiger partial charge in [-0.1, -0.05) is 26.0 Å². The Morgan fingerprint density at radius 2 is 2.25 bits per heavy atom. The molecule has 1 heteroatoms. The van der Waals surface area contributed by atoms with Crippen LogP contribution in [0.3, 0.4) is 0 Å². The van der Waals surface area contributed by atoms with Crippen LogP contribution in [0.1, 0.15) is 40.0 Å². The van der Waals surface area contributed by atoms with Crippen LogP contribution in [0.5, 0.6) is 0 Å². The van der Waals surface area contributed by atoms with Crippen molar-refractivity contribution in [1.29, 1.82) is 0 Å². The molecule has 0 aromatic rings. The summed E-state index contributed by atoms with van der Waals surface area (Å²) in [5.74, 6) is 0.705. The Hall–Kier alpha value is -0.590. The van der Waals surface area contributed by atoms with E-state index in [1.165, 1.54) is 0 Å². The minimum atomic E-state index is 0.264. The number of Topliss-reactive ketones (excluding diaryl/α,β-unsaturated/α-hetero) is 1. The maximum absolute atomic E-state index is 11.3. The van der Waals surface area contributed by atoms with Gasteiger partial charge in [-0.05, 0) is 25.2 Å². The molecule has 1 saturated carbocycles. The van der Waals surface area contributed by atoms with E-state index >= 15 is 0 Å². The molecule has 1 aliphatic carbocycles. The van der Waals surface area contributed by atoms with E-state index in [1.54, 1.807) is 0 Å². The Labute approximate surface area is 74.9 Å². The summed E-state index contributed by atoms with van der Waals surface area (Å²) in [6, 6.07) is 0. The van der Waals surface area contributed by atoms with Crippen molar-refractivity contribution < 1.29 is 4.79 Å². The van der Waals surface area contributed by atoms with Crippen LogP contribution < -0.4 is 0 Å². The molecule has 1 nitrogen and oxygen atoms in total. The highest BCUT2D eigenvalue weighted by atomic mass is 16.1. The van der Waals surface area contributed by atoms with Gasteiger partial charge in [0, 0.05) is 12.3 Å². The third kappa shape index (κ3) is 1.96. The van der Waals surface area contributed by atoms with Gasteiger partial charge in [-0.2, -0.15) is 0 Å². The summed E-state index contributed by atoms with van der Waals surface area (Å²) in [7, 11) is 0. The third-order valence-electron chi connectivity index (χ3n) is 2.83. The predicted octanol–water partition coefficient (Wildman–Crippen LogP) is 2.96. The molecule has 1 fully saturated rings. The van der Waals surface area contributed by atoms with Crippen LogP contribution in [-0.2, 0) is 4.79 Å². The van der Waals surface area contributed by atoms with Gasteiger partial charge in [0.25, 0.3) is 0 Å². The fraction of sp³-hybridized carbons (Fsp3) is 0.727. The SMILES string of the molecule is C/C=C/[C@]1(C)CCC(=O)[C@@H](C)C1. The Morgan fingerprint density at radius 1 is 1.58 bits per heavy atom. The van der Waals surface area contributed by atoms with Crippen molar-refractivity contribution in [1.82, 2.24) is 0 Å². The number of ketones is 1. The molecule has 0 N–H and O–H groups in total. The average molecular weight is 166 g/mol. The Morgan fingerprint density at radius 3 is 2.75 bits per heavy atom. The molecule has 1 rings (SSSR count). The minimum Gasteiger partial charge on any atom is -0.299 e. The minimum absolute atomic E-state index is 0.264. The van der Waals surface area contributed by atoms with Gasteiger partial charge in [-0.15, -0.1) is 0 Å². The van der Waals surface area contributed by atoms with Gasteiger partial charge in [0.2, 0.25) is 0 Å². The second-order valence-corrected chi connectivity index (χ2v) is 4.23. The molecule has 0 unspecified atom stereocenters. The Bertz CT molecular complexity index is 205. The summed E-state index contributed by atoms with van der Waals surface area (Å²) in [6.07, 6.45) is 7.16. The average Bonchev–Trinajstić information content (AvgIpc) is 1.98. The first-order chi connectivity index (χ1) is 5.57. The molecule has 0 spiro atoms. The summed E-state index contributed by atoms with van der Waals surface area (Å²) >= 11 is 0. The van der Waals surface area contributed by atoms with Gasteiger partial charge in [0.15, 0.2) is 0 Å². The standard InChI is InChI=1S/C11H18O/c1-4-6-11(3)7-5-10(12)9(2)8-11/h4,6,9H,5,7-8H2,1-3H3/b6-4+/t9-,11+/m0/s1. The van der Waals surface area contributed by atoms with Crippen molar-refractivity contribution in [2.75, 3.05) is 0 Å². The fourth-order valence-corrected chi connectivity index (χ4v) is 2.12. The van der Waals surface area contributed by atoms with Gasteiger partial charge in [-0.25, -0.2) is 0 Å². The van der Waals surface area contributed by atoms with E-state index in [-0.39, 0.29) is 11.3 Å². The molecule has 12 heavy (non-hydrogen) atoms. The van der Waals surface area contributed by atoms with Crippen LogP contribution in [0.15, 0.2) is 12.2 Å². The van der Waals surface area contributed by atoms with Crippen molar-refractivity contribution in [3.8, 4) is 0 Å². The zero-order valence-electron chi connectivity index (χ0n) is 8.26. The topological polar surface area (TPSA) is 17.1 Å². The van der Waals surface area contributed by atoms with E-state index in [1.807, 2.05) is 13.8 Å². The van der Waals surface area contributed by atoms with Crippen molar-refractivity contribution in [2.45, 2.75) is 40.0 Å². The van der Waals surface area contributed by atoms with Gasteiger partial charge >= 0.3 is 0 Å². The Balaban J connectivity index is 2.66. The summed E-state index contributed by atoms with van der Waals surface area (Å²) < 4.78 is 0. The number of carbonyl (C=O) groups is 1. The molecule has 0 aromatic carbocycles. The molecule has 0 amide bonds. The van der Waals surface area contributed by atoms with Gasteiger partial charge in [0.1, 0.15) is 5.78 Å². The van der Waals surface area contributed by atoms with E-state index in [2.05, 4.69) is 19.1 Å². The smallest absolute Gasteiger partial charge is 0.135 e. The largest absolute Gasteiger partial charge is 0.299 e. The predicted molar refractivity (Wildman–Crippen MR) is 50.9 cm³/mol. The molecule has 0 aliphatic heterocycles. The number of hydrogen-bond acceptors (Lipinski definition) is 1. The molecule has 0 bridgehead atoms. The monoisotopic (exact) mass is 166 g/mol. The van der Waals surface area contributed by atoms with Crippen LogP contribution in [0.4, 0.5) is 0 Å². The molecule has 68 valence electrons. The van der Waals surface area contributed by atoms with Gasteiger partial charge in [0.05, 0.1) is 0 Å². The third-order valence-corrected chi connectivity index (χ3v) is 2.83. The number of hydrogen-bond donors (Lipinski definition) is 0. The molecular formula is C11H18O. The van der Waals surface area contributed by atoms with E-state index < -0.39 is 0 Å². The highest BCUT2D eigenvalue weighted by molar-refractivity contribution is 5.81. The lowest BCUT2D eigenvalue weighted by molar-refractivity contribution is -0.125. The Kier molecular flexibility index (Phi) is 2.71. The second kappa shape index (κ2) is 3.42. The van der Waals surface area contributed by atoms with Crippen molar-refractivity contribution in [3.63, 3.8) is 0 Å². The van der Waals surface area contributed by atoms with Crippen molar-refractivity contribution in [2.24, 2.45) is 11.3 Å². The number of rotatable bonds is 1. The van der Waals surface area contributed by atoms with Crippen LogP contribution in [0, 0.1) is 11.3 Å². The molecular weight excluding hydrogens is 148 g/mol. The van der Waals surface area contributed by atoms with E-state index in [9.17, 15) is 4.79 Å². The van der Waals surface area contributed by atoms with Crippen LogP contribution in [0.25, 0.3) is 0 Å². The van der Waals surface area contributed by atoms with Crippen LogP contribution >= 0.6 is 0 Å². The summed E-state index contributed by atoms with van der Waals surface area (Å²) in [5, 5.41) is 0. The van der Waals surface area contributed by atoms with Crippen molar-refractivity contribution >= 4 is 5.78 Å². The lowest BCUT2D eigenvalue weighted by atomic mass is 9.71. The molecule has 0 saturated heterocycles. The fourth-order valence-electron chi connectivity index (χ4n) is 2.12. The lowest BCUT2D eigenvalue weighted by Gasteiger charge is -2.33. The van der Waals surface area contributed by atoms with Crippen LogP contribution in [-0.4, -0.2) is 5.78 Å². The maximum Gasteiger partial charge on any atom is 0.135 e. The normalized spacial score (nSPS) is 37.6. The molecule has 0 heterocycles. The molecule has 1 aliphatic rings. The first-order valence-electron chi connectivity index (χ1n) is 4.74. The number of allylic oxidation sites excluding steroid dienone is 2. The summed E-state index contributed by atoms with van der Waals surface area (Å²) in [5.41, 5.74) is 0.280. The quantitative estimate of drug-likeness (QED) is 0.547. The molecule has 2 atom stereocenters. The van der Waals surface area contributed by atoms with E-state index in [4.69, 9.17) is 0 Å². The van der Waals surface area contributed by atoms with Crippen molar-refractivity contribution in [3.05, 3.63) is 12.2 Å². The van der Waals surface area contributed by atoms with E-state index in [0.717, 1.165) is 19.3 Å². The number of carbonyl (C=O) groups excluding carboxylic acids is 1. The summed E-state index contributed by atoms with van der Waals surface area (Å²) in [6.45, 7) is 6.34. The van der Waals surface area contributed by atoms with E-state index in [0.29, 0.717) is 5.78 Å². The lowest BCUT2D eigenvalue weighted by Crippen LogP contribution is -2.28. The highest BCUT2D eigenvalue weighted by Gasteiger charge is 2.32. The van der Waals surface area contributed by atoms with Gasteiger partial charge < -0.3 is 0 Å². The molecule has 0 radical (unpaired) electrons. The zero-order valence-corrected chi connectivity index (χ0v) is 8.26. The summed E-state index contributed by atoms with van der Waals surface area (Å²) in [4.78, 5) is 11.3. The first kappa shape index (κ1) is 9.50. The highest BCUT2D eigenvalue weighted by Crippen LogP contribution is 2.38. The first-order valence-corrected chi connectivity index (χ1v) is 4.74. The second-order valence-electron chi connectivity index (χ2n) is 4.23. The van der Waals surface area contributed by atoms with Crippen LogP contribution in [0.2, 0.25) is 0 Å². The molecule has 0 aromatic heterocycles. The van der Waals surface area contributed by atoms with Gasteiger partial charge in [-0.3, -0.25) is 4.79 Å². The maximum atomic E-state index is 11.3.